The summed E-state index contributed by atoms with van der Waals surface area (Å²) in [5, 5.41) is 9.90. The lowest BCUT2D eigenvalue weighted by Crippen LogP contribution is -2.55. The zero-order valence-corrected chi connectivity index (χ0v) is 22.1. The van der Waals surface area contributed by atoms with Crippen molar-refractivity contribution in [2.75, 3.05) is 31.2 Å². The number of carbonyl (C=O) groups excluding carboxylic acids is 3. The van der Waals surface area contributed by atoms with Crippen LogP contribution >= 0.6 is 23.4 Å². The molecule has 0 aliphatic carbocycles. The van der Waals surface area contributed by atoms with Crippen LogP contribution in [0.25, 0.3) is 0 Å². The molecule has 7 nitrogen and oxygen atoms in total. The number of thioether (sulfide) groups is 1. The van der Waals surface area contributed by atoms with Crippen molar-refractivity contribution in [1.29, 1.82) is 0 Å². The minimum atomic E-state index is -0.779. The smallest absolute Gasteiger partial charge is 0.310 e. The molecule has 2 amide bonds. The molecule has 0 radical (unpaired) electrons. The number of hydrogen-bond donors (Lipinski definition) is 1. The number of aryl methyl sites for hydroxylation is 1. The summed E-state index contributed by atoms with van der Waals surface area (Å²) in [6.07, 6.45) is 5.60. The lowest BCUT2D eigenvalue weighted by Gasteiger charge is -2.37. The fourth-order valence-corrected chi connectivity index (χ4v) is 8.58. The molecule has 0 aromatic heterocycles. The Morgan fingerprint density at radius 3 is 2.81 bits per heavy atom. The number of carbonyl (C=O) groups is 3. The van der Waals surface area contributed by atoms with Crippen molar-refractivity contribution in [2.24, 2.45) is 11.8 Å². The number of likely N-dealkylation sites (tertiary alicyclic amines) is 1. The van der Waals surface area contributed by atoms with Gasteiger partial charge in [-0.3, -0.25) is 14.4 Å². The number of ether oxygens (including phenoxy) is 1. The standard InChI is InChI=1S/C27H33ClN2O5S/c1-4-6-16-35-26(34)20-19-11-12-27(36-19)21(20)24(32)30(14-8-15-31)23(27)25(33)29(13-5-2)22-17(3)9-7-10-18(22)28/h4-5,7,9-10,19-21,23,31H,1-2,6,8,11-16H2,3H3/t19-,20+,21-,23?,27?/m0/s1. The van der Waals surface area contributed by atoms with Crippen molar-refractivity contribution >= 4 is 46.8 Å². The summed E-state index contributed by atoms with van der Waals surface area (Å²) in [7, 11) is 0. The highest BCUT2D eigenvalue weighted by molar-refractivity contribution is 8.02. The number of fused-ring (bicyclic) bond motifs is 1. The van der Waals surface area contributed by atoms with E-state index in [0.717, 1.165) is 12.0 Å². The van der Waals surface area contributed by atoms with Crippen LogP contribution in [0.3, 0.4) is 0 Å². The van der Waals surface area contributed by atoms with E-state index in [9.17, 15) is 19.5 Å². The normalized spacial score (nSPS) is 28.2. The van der Waals surface area contributed by atoms with E-state index in [0.29, 0.717) is 30.0 Å². The van der Waals surface area contributed by atoms with Crippen molar-refractivity contribution in [3.63, 3.8) is 0 Å². The molecule has 3 saturated heterocycles. The lowest BCUT2D eigenvalue weighted by molar-refractivity contribution is -0.154. The third kappa shape index (κ3) is 4.37. The summed E-state index contributed by atoms with van der Waals surface area (Å²) < 4.78 is 4.78. The van der Waals surface area contributed by atoms with Crippen molar-refractivity contribution in [3.8, 4) is 0 Å². The van der Waals surface area contributed by atoms with Gasteiger partial charge >= 0.3 is 5.97 Å². The van der Waals surface area contributed by atoms with Crippen LogP contribution < -0.4 is 4.90 Å². The SMILES string of the molecule is C=CCCOC(=O)[C@@H]1[C@@H]2CCC3(S2)C(C(=O)N(CC=C)c2c(C)cccc2Cl)N(CCCO)C(=O)[C@H]13. The second-order valence-electron chi connectivity index (χ2n) is 9.55. The van der Waals surface area contributed by atoms with Crippen LogP contribution in [0.1, 0.15) is 31.2 Å². The lowest BCUT2D eigenvalue weighted by atomic mass is 9.71. The van der Waals surface area contributed by atoms with E-state index in [1.165, 1.54) is 0 Å². The van der Waals surface area contributed by atoms with E-state index >= 15 is 0 Å². The first-order valence-electron chi connectivity index (χ1n) is 12.4. The Hall–Kier alpha value is -2.29. The molecule has 3 aliphatic rings. The van der Waals surface area contributed by atoms with Crippen LogP contribution in [0.2, 0.25) is 5.02 Å². The molecule has 5 atom stereocenters. The Balaban J connectivity index is 1.75. The molecule has 36 heavy (non-hydrogen) atoms. The average Bonchev–Trinajstić information content (AvgIpc) is 3.49. The summed E-state index contributed by atoms with van der Waals surface area (Å²) in [4.78, 5) is 44.6. The number of halogens is 1. The Labute approximate surface area is 221 Å². The molecular formula is C27H33ClN2O5S. The third-order valence-corrected chi connectivity index (χ3v) is 9.72. The van der Waals surface area contributed by atoms with Crippen LogP contribution in [0, 0.1) is 18.8 Å². The van der Waals surface area contributed by atoms with Crippen LogP contribution in [0.5, 0.6) is 0 Å². The maximum atomic E-state index is 14.4. The zero-order chi connectivity index (χ0) is 26.0. The molecule has 3 heterocycles. The number of benzene rings is 1. The first kappa shape index (κ1) is 26.8. The van der Waals surface area contributed by atoms with E-state index in [4.69, 9.17) is 16.3 Å². The summed E-state index contributed by atoms with van der Waals surface area (Å²) in [5.74, 6) is -2.06. The van der Waals surface area contributed by atoms with Gasteiger partial charge in [0, 0.05) is 24.9 Å². The number of amides is 2. The van der Waals surface area contributed by atoms with E-state index in [1.54, 1.807) is 39.8 Å². The van der Waals surface area contributed by atoms with Crippen LogP contribution in [0.15, 0.2) is 43.5 Å². The van der Waals surface area contributed by atoms with Gasteiger partial charge in [0.05, 0.1) is 33.9 Å². The molecule has 1 N–H and O–H groups in total. The molecule has 1 spiro atoms. The Morgan fingerprint density at radius 2 is 2.14 bits per heavy atom. The molecular weight excluding hydrogens is 500 g/mol. The summed E-state index contributed by atoms with van der Waals surface area (Å²) in [5.41, 5.74) is 1.43. The molecule has 2 unspecified atom stereocenters. The zero-order valence-electron chi connectivity index (χ0n) is 20.5. The van der Waals surface area contributed by atoms with Crippen molar-refractivity contribution in [2.45, 2.75) is 48.6 Å². The van der Waals surface area contributed by atoms with Crippen LogP contribution in [-0.4, -0.2) is 70.1 Å². The predicted octanol–water partition coefficient (Wildman–Crippen LogP) is 3.76. The van der Waals surface area contributed by atoms with Gasteiger partial charge in [-0.1, -0.05) is 35.9 Å². The number of aliphatic hydroxyl groups is 1. The number of para-hydroxylation sites is 1. The van der Waals surface area contributed by atoms with E-state index in [-0.39, 0.29) is 49.3 Å². The fraction of sp³-hybridized carbons (Fsp3) is 0.519. The van der Waals surface area contributed by atoms with Gasteiger partial charge in [0.1, 0.15) is 6.04 Å². The highest BCUT2D eigenvalue weighted by atomic mass is 35.5. The third-order valence-electron chi connectivity index (χ3n) is 7.47. The highest BCUT2D eigenvalue weighted by Crippen LogP contribution is 2.66. The minimum Gasteiger partial charge on any atom is -0.465 e. The number of hydrogen-bond acceptors (Lipinski definition) is 6. The first-order chi connectivity index (χ1) is 17.3. The van der Waals surface area contributed by atoms with E-state index in [1.807, 2.05) is 19.1 Å². The van der Waals surface area contributed by atoms with Gasteiger partial charge in [0.15, 0.2) is 0 Å². The Kier molecular flexibility index (Phi) is 8.17. The van der Waals surface area contributed by atoms with Gasteiger partial charge in [-0.2, -0.15) is 0 Å². The second-order valence-corrected chi connectivity index (χ2v) is 11.6. The number of anilines is 1. The average molecular weight is 533 g/mol. The molecule has 9 heteroatoms. The molecule has 194 valence electrons. The van der Waals surface area contributed by atoms with Crippen molar-refractivity contribution in [1.82, 2.24) is 4.90 Å². The molecule has 1 aromatic rings. The number of nitrogens with zero attached hydrogens (tertiary/aromatic N) is 2. The van der Waals surface area contributed by atoms with Gasteiger partial charge in [-0.05, 0) is 44.2 Å². The van der Waals surface area contributed by atoms with Crippen LogP contribution in [0.4, 0.5) is 5.69 Å². The molecule has 2 bridgehead atoms. The number of aliphatic hydroxyl groups excluding tert-OH is 1. The van der Waals surface area contributed by atoms with Gasteiger partial charge in [0.25, 0.3) is 5.91 Å². The molecule has 3 aliphatic heterocycles. The highest BCUT2D eigenvalue weighted by Gasteiger charge is 2.74. The van der Waals surface area contributed by atoms with Crippen LogP contribution in [-0.2, 0) is 19.1 Å². The largest absolute Gasteiger partial charge is 0.465 e. The molecule has 1 aromatic carbocycles. The van der Waals surface area contributed by atoms with E-state index < -0.39 is 22.6 Å². The molecule has 3 fully saturated rings. The summed E-state index contributed by atoms with van der Waals surface area (Å²) in [6, 6.07) is 4.68. The molecule has 0 saturated carbocycles. The maximum Gasteiger partial charge on any atom is 0.310 e. The van der Waals surface area contributed by atoms with Gasteiger partial charge in [0.2, 0.25) is 5.91 Å². The van der Waals surface area contributed by atoms with Gasteiger partial charge in [-0.25, -0.2) is 0 Å². The van der Waals surface area contributed by atoms with Gasteiger partial charge in [-0.15, -0.1) is 24.9 Å². The fourth-order valence-electron chi connectivity index (χ4n) is 6.05. The molecule has 4 rings (SSSR count). The number of esters is 1. The maximum absolute atomic E-state index is 14.4. The van der Waals surface area contributed by atoms with Crippen molar-refractivity contribution in [3.05, 3.63) is 54.1 Å². The topological polar surface area (TPSA) is 87.2 Å². The summed E-state index contributed by atoms with van der Waals surface area (Å²) >= 11 is 8.15. The predicted molar refractivity (Wildman–Crippen MR) is 142 cm³/mol. The van der Waals surface area contributed by atoms with Crippen molar-refractivity contribution < 1.29 is 24.2 Å². The summed E-state index contributed by atoms with van der Waals surface area (Å²) in [6.45, 7) is 9.96. The first-order valence-corrected chi connectivity index (χ1v) is 13.6. The Morgan fingerprint density at radius 1 is 1.36 bits per heavy atom. The second kappa shape index (κ2) is 11.0. The van der Waals surface area contributed by atoms with Gasteiger partial charge < -0.3 is 19.6 Å². The van der Waals surface area contributed by atoms with E-state index in [2.05, 4.69) is 13.2 Å². The number of rotatable bonds is 11. The Bertz CT molecular complexity index is 1040. The monoisotopic (exact) mass is 532 g/mol. The minimum absolute atomic E-state index is 0.0691. The quantitative estimate of drug-likeness (QED) is 0.265.